The first-order valence-corrected chi connectivity index (χ1v) is 6.45. The Kier molecular flexibility index (Phi) is 2.97. The number of hydrogen-bond acceptors (Lipinski definition) is 2. The lowest BCUT2D eigenvalue weighted by atomic mass is 10.2. The number of nitrogens with one attached hydrogen (secondary N) is 1. The van der Waals surface area contributed by atoms with Gasteiger partial charge in [-0.25, -0.2) is 0 Å². The normalized spacial score (nSPS) is 10.8. The first kappa shape index (κ1) is 12.1. The summed E-state index contributed by atoms with van der Waals surface area (Å²) in [4.78, 5) is 15.5. The summed E-state index contributed by atoms with van der Waals surface area (Å²) in [7, 11) is 0. The van der Waals surface area contributed by atoms with Crippen LogP contribution in [0.15, 0.2) is 53.3 Å². The molecule has 0 atom stereocenters. The van der Waals surface area contributed by atoms with E-state index in [1.807, 2.05) is 18.2 Å². The van der Waals surface area contributed by atoms with Crippen LogP contribution in [0.3, 0.4) is 0 Å². The van der Waals surface area contributed by atoms with Crippen LogP contribution in [0.25, 0.3) is 16.6 Å². The lowest BCUT2D eigenvalue weighted by Crippen LogP contribution is -2.20. The van der Waals surface area contributed by atoms with E-state index in [0.717, 1.165) is 5.52 Å². The summed E-state index contributed by atoms with van der Waals surface area (Å²) in [5.74, 6) is 0. The molecule has 94 valence electrons. The van der Waals surface area contributed by atoms with E-state index in [-0.39, 0.29) is 5.56 Å². The second-order valence-corrected chi connectivity index (χ2v) is 4.92. The Morgan fingerprint density at radius 1 is 1.05 bits per heavy atom. The number of fused-ring (bicyclic) bond motifs is 1. The minimum absolute atomic E-state index is 0.137. The molecule has 1 heterocycles. The Balaban J connectivity index is 2.39. The van der Waals surface area contributed by atoms with E-state index in [9.17, 15) is 4.79 Å². The van der Waals surface area contributed by atoms with Crippen molar-refractivity contribution in [2.24, 2.45) is 0 Å². The van der Waals surface area contributed by atoms with Crippen LogP contribution in [0, 0.1) is 4.77 Å². The minimum atomic E-state index is -0.137. The summed E-state index contributed by atoms with van der Waals surface area (Å²) >= 11 is 11.1. The van der Waals surface area contributed by atoms with Gasteiger partial charge in [0, 0.05) is 5.02 Å². The molecule has 0 spiro atoms. The van der Waals surface area contributed by atoms with E-state index < -0.39 is 0 Å². The van der Waals surface area contributed by atoms with Crippen molar-refractivity contribution in [1.29, 1.82) is 0 Å². The fourth-order valence-electron chi connectivity index (χ4n) is 1.99. The van der Waals surface area contributed by atoms with Crippen LogP contribution in [-0.4, -0.2) is 9.55 Å². The minimum Gasteiger partial charge on any atom is -0.331 e. The molecule has 0 amide bonds. The highest BCUT2D eigenvalue weighted by Gasteiger charge is 2.06. The molecule has 3 aromatic rings. The number of benzene rings is 2. The summed E-state index contributed by atoms with van der Waals surface area (Å²) in [6.45, 7) is 0. The third-order valence-corrected chi connectivity index (χ3v) is 3.43. The third kappa shape index (κ3) is 2.09. The van der Waals surface area contributed by atoms with Crippen LogP contribution in [0.4, 0.5) is 0 Å². The van der Waals surface area contributed by atoms with Gasteiger partial charge in [0.2, 0.25) is 0 Å². The Morgan fingerprint density at radius 3 is 2.47 bits per heavy atom. The van der Waals surface area contributed by atoms with Crippen molar-refractivity contribution in [3.63, 3.8) is 0 Å². The fraction of sp³-hybridized carbons (Fsp3) is 0. The number of H-pyrrole nitrogens is 1. The molecule has 2 aromatic carbocycles. The van der Waals surface area contributed by atoms with Crippen LogP contribution in [-0.2, 0) is 0 Å². The summed E-state index contributed by atoms with van der Waals surface area (Å²) in [6, 6.07) is 14.3. The molecule has 0 unspecified atom stereocenters. The summed E-state index contributed by atoms with van der Waals surface area (Å²) < 4.78 is 1.83. The van der Waals surface area contributed by atoms with Gasteiger partial charge in [-0.1, -0.05) is 23.7 Å². The Morgan fingerprint density at radius 2 is 1.74 bits per heavy atom. The number of aromatic nitrogens is 2. The molecule has 0 aliphatic heterocycles. The monoisotopic (exact) mass is 288 g/mol. The molecule has 3 nitrogen and oxygen atoms in total. The topological polar surface area (TPSA) is 37.8 Å². The second-order valence-electron chi connectivity index (χ2n) is 4.09. The summed E-state index contributed by atoms with van der Waals surface area (Å²) in [5.41, 5.74) is 1.30. The molecule has 0 aliphatic rings. The van der Waals surface area contributed by atoms with E-state index in [0.29, 0.717) is 20.9 Å². The van der Waals surface area contributed by atoms with Gasteiger partial charge in [0.1, 0.15) is 0 Å². The van der Waals surface area contributed by atoms with Crippen molar-refractivity contribution in [3.05, 3.63) is 68.7 Å². The van der Waals surface area contributed by atoms with Gasteiger partial charge in [0.15, 0.2) is 4.77 Å². The Labute approximate surface area is 119 Å². The van der Waals surface area contributed by atoms with Gasteiger partial charge >= 0.3 is 0 Å². The molecular weight excluding hydrogens is 280 g/mol. The van der Waals surface area contributed by atoms with Gasteiger partial charge in [-0.2, -0.15) is 0 Å². The predicted molar refractivity (Wildman–Crippen MR) is 79.7 cm³/mol. The molecule has 0 fully saturated rings. The van der Waals surface area contributed by atoms with E-state index in [1.54, 1.807) is 30.3 Å². The highest BCUT2D eigenvalue weighted by atomic mass is 35.5. The van der Waals surface area contributed by atoms with Crippen LogP contribution in [0.2, 0.25) is 5.02 Å². The maximum absolute atomic E-state index is 12.5. The van der Waals surface area contributed by atoms with Gasteiger partial charge in [-0.15, -0.1) is 0 Å². The average Bonchev–Trinajstić information content (AvgIpc) is 2.41. The second kappa shape index (κ2) is 4.64. The van der Waals surface area contributed by atoms with Crippen LogP contribution >= 0.6 is 23.8 Å². The number of halogens is 1. The van der Waals surface area contributed by atoms with Crippen molar-refractivity contribution in [1.82, 2.24) is 9.55 Å². The first-order chi connectivity index (χ1) is 9.16. The lowest BCUT2D eigenvalue weighted by Gasteiger charge is -2.07. The quantitative estimate of drug-likeness (QED) is 0.693. The highest BCUT2D eigenvalue weighted by molar-refractivity contribution is 7.71. The van der Waals surface area contributed by atoms with Gasteiger partial charge in [0.05, 0.1) is 16.6 Å². The van der Waals surface area contributed by atoms with Crippen LogP contribution in [0.5, 0.6) is 0 Å². The van der Waals surface area contributed by atoms with Crippen molar-refractivity contribution in [3.8, 4) is 5.69 Å². The standard InChI is InChI=1S/C14H9ClN2OS/c15-9-5-7-10(8-6-9)17-13(18)11-3-1-2-4-12(11)16-14(17)19/h1-8H,(H,16,19). The summed E-state index contributed by atoms with van der Waals surface area (Å²) in [5, 5.41) is 1.22. The van der Waals surface area contributed by atoms with Gasteiger partial charge in [-0.3, -0.25) is 9.36 Å². The van der Waals surface area contributed by atoms with E-state index in [4.69, 9.17) is 23.8 Å². The number of para-hydroxylation sites is 1. The molecule has 19 heavy (non-hydrogen) atoms. The van der Waals surface area contributed by atoms with Crippen molar-refractivity contribution in [2.75, 3.05) is 0 Å². The van der Waals surface area contributed by atoms with Crippen molar-refractivity contribution < 1.29 is 0 Å². The van der Waals surface area contributed by atoms with Crippen LogP contribution < -0.4 is 5.56 Å². The molecule has 0 saturated carbocycles. The SMILES string of the molecule is O=c1c2ccccc2[nH]c(=S)n1-c1ccc(Cl)cc1. The molecular formula is C14H9ClN2OS. The Hall–Kier alpha value is -1.91. The van der Waals surface area contributed by atoms with Gasteiger partial charge < -0.3 is 4.98 Å². The molecule has 5 heteroatoms. The number of aromatic amines is 1. The predicted octanol–water partition coefficient (Wildman–Crippen LogP) is 3.70. The van der Waals surface area contributed by atoms with E-state index in [1.165, 1.54) is 4.57 Å². The van der Waals surface area contributed by atoms with Crippen molar-refractivity contribution in [2.45, 2.75) is 0 Å². The molecule has 1 N–H and O–H groups in total. The zero-order valence-electron chi connectivity index (χ0n) is 9.76. The number of hydrogen-bond donors (Lipinski definition) is 1. The maximum atomic E-state index is 12.5. The Bertz CT molecular complexity index is 865. The smallest absolute Gasteiger partial charge is 0.266 e. The largest absolute Gasteiger partial charge is 0.331 e. The van der Waals surface area contributed by atoms with Gasteiger partial charge in [-0.05, 0) is 48.6 Å². The van der Waals surface area contributed by atoms with Gasteiger partial charge in [0.25, 0.3) is 5.56 Å². The zero-order chi connectivity index (χ0) is 13.4. The van der Waals surface area contributed by atoms with Crippen molar-refractivity contribution >= 4 is 34.7 Å². The molecule has 0 bridgehead atoms. The molecule has 0 saturated heterocycles. The number of rotatable bonds is 1. The molecule has 0 radical (unpaired) electrons. The fourth-order valence-corrected chi connectivity index (χ4v) is 2.41. The first-order valence-electron chi connectivity index (χ1n) is 5.67. The maximum Gasteiger partial charge on any atom is 0.266 e. The van der Waals surface area contributed by atoms with E-state index in [2.05, 4.69) is 4.98 Å². The highest BCUT2D eigenvalue weighted by Crippen LogP contribution is 2.14. The van der Waals surface area contributed by atoms with Crippen LogP contribution in [0.1, 0.15) is 0 Å². The molecule has 0 aliphatic carbocycles. The zero-order valence-corrected chi connectivity index (χ0v) is 11.3. The third-order valence-electron chi connectivity index (χ3n) is 2.89. The summed E-state index contributed by atoms with van der Waals surface area (Å²) in [6.07, 6.45) is 0. The molecule has 3 rings (SSSR count). The lowest BCUT2D eigenvalue weighted by molar-refractivity contribution is 0.940. The number of nitrogens with zero attached hydrogens (tertiary/aromatic N) is 1. The van der Waals surface area contributed by atoms with E-state index >= 15 is 0 Å². The molecule has 1 aromatic heterocycles. The average molecular weight is 289 g/mol.